The predicted octanol–water partition coefficient (Wildman–Crippen LogP) is 2.25. The third-order valence-corrected chi connectivity index (χ3v) is 4.74. The lowest BCUT2D eigenvalue weighted by Gasteiger charge is -2.19. The van der Waals surface area contributed by atoms with Crippen molar-refractivity contribution in [1.29, 1.82) is 0 Å². The average Bonchev–Trinajstić information content (AvgIpc) is 3.00. The fourth-order valence-corrected chi connectivity index (χ4v) is 3.24. The van der Waals surface area contributed by atoms with E-state index in [1.54, 1.807) is 24.3 Å². The summed E-state index contributed by atoms with van der Waals surface area (Å²) in [7, 11) is 0. The summed E-state index contributed by atoms with van der Waals surface area (Å²) in [6.07, 6.45) is 0.0693. The summed E-state index contributed by atoms with van der Waals surface area (Å²) < 4.78 is 0. The van der Waals surface area contributed by atoms with Crippen LogP contribution in [0.3, 0.4) is 0 Å². The summed E-state index contributed by atoms with van der Waals surface area (Å²) in [5.74, 6) is -0.768. The first kappa shape index (κ1) is 21.0. The zero-order chi connectivity index (χ0) is 21.7. The molecule has 1 fully saturated rings. The number of nitrogens with zero attached hydrogens (tertiary/aromatic N) is 1. The molecule has 1 unspecified atom stereocenters. The predicted molar refractivity (Wildman–Crippen MR) is 111 cm³/mol. The van der Waals surface area contributed by atoms with Crippen molar-refractivity contribution in [2.45, 2.75) is 32.9 Å². The Morgan fingerprint density at radius 2 is 1.87 bits per heavy atom. The van der Waals surface area contributed by atoms with Crippen molar-refractivity contribution in [3.05, 3.63) is 65.2 Å². The molecular weight excluding hydrogens is 384 g/mol. The van der Waals surface area contributed by atoms with E-state index in [0.29, 0.717) is 5.69 Å². The van der Waals surface area contributed by atoms with Crippen molar-refractivity contribution in [1.82, 2.24) is 15.5 Å². The molecule has 3 N–H and O–H groups in total. The molecule has 1 saturated heterocycles. The molecule has 5 amide bonds. The van der Waals surface area contributed by atoms with Gasteiger partial charge in [-0.3, -0.25) is 19.3 Å². The Balaban J connectivity index is 1.66. The minimum atomic E-state index is -0.447. The van der Waals surface area contributed by atoms with E-state index in [1.807, 2.05) is 31.2 Å². The molecule has 0 saturated carbocycles. The third-order valence-electron chi connectivity index (χ3n) is 4.74. The average molecular weight is 408 g/mol. The molecule has 1 heterocycles. The van der Waals surface area contributed by atoms with Crippen LogP contribution >= 0.6 is 0 Å². The van der Waals surface area contributed by atoms with Gasteiger partial charge in [0.1, 0.15) is 0 Å². The highest BCUT2D eigenvalue weighted by atomic mass is 16.2. The number of anilines is 1. The van der Waals surface area contributed by atoms with Gasteiger partial charge < -0.3 is 16.0 Å². The quantitative estimate of drug-likeness (QED) is 0.611. The van der Waals surface area contributed by atoms with E-state index in [9.17, 15) is 19.2 Å². The first-order valence-corrected chi connectivity index (χ1v) is 9.62. The van der Waals surface area contributed by atoms with Gasteiger partial charge in [-0.15, -0.1) is 0 Å². The van der Waals surface area contributed by atoms with Crippen molar-refractivity contribution in [3.63, 3.8) is 0 Å². The smallest absolute Gasteiger partial charge is 0.324 e. The lowest BCUT2D eigenvalue weighted by Crippen LogP contribution is -2.30. The van der Waals surface area contributed by atoms with Crippen LogP contribution in [0.5, 0.6) is 0 Å². The van der Waals surface area contributed by atoms with Gasteiger partial charge in [0.25, 0.3) is 0 Å². The van der Waals surface area contributed by atoms with E-state index in [2.05, 4.69) is 16.0 Å². The van der Waals surface area contributed by atoms with Crippen LogP contribution < -0.4 is 16.0 Å². The molecule has 1 atom stereocenters. The maximum absolute atomic E-state index is 12.6. The molecule has 8 heteroatoms. The summed E-state index contributed by atoms with van der Waals surface area (Å²) in [5.41, 5.74) is 3.20. The van der Waals surface area contributed by atoms with Crippen LogP contribution in [-0.4, -0.2) is 35.2 Å². The highest BCUT2D eigenvalue weighted by Gasteiger charge is 2.28. The number of carbonyl (C=O) groups is 4. The van der Waals surface area contributed by atoms with Crippen LogP contribution in [-0.2, 0) is 20.9 Å². The molecular formula is C22H24N4O4. The normalized spacial score (nSPS) is 14.3. The highest BCUT2D eigenvalue weighted by molar-refractivity contribution is 6.01. The minimum absolute atomic E-state index is 0.00118. The van der Waals surface area contributed by atoms with Crippen LogP contribution in [0.25, 0.3) is 0 Å². The van der Waals surface area contributed by atoms with E-state index in [4.69, 9.17) is 0 Å². The molecule has 1 aliphatic heterocycles. The monoisotopic (exact) mass is 408 g/mol. The zero-order valence-electron chi connectivity index (χ0n) is 16.9. The summed E-state index contributed by atoms with van der Waals surface area (Å²) in [6.45, 7) is 3.51. The van der Waals surface area contributed by atoms with Gasteiger partial charge in [0.2, 0.25) is 17.7 Å². The van der Waals surface area contributed by atoms with Crippen molar-refractivity contribution in [2.24, 2.45) is 0 Å². The van der Waals surface area contributed by atoms with Crippen LogP contribution in [0.1, 0.15) is 36.1 Å². The topological polar surface area (TPSA) is 108 Å². The standard InChI is InChI=1S/C22H24N4O4/c1-14-6-8-17(9-7-14)19(24-15(2)27)11-20(28)25-18-5-3-4-16(10-18)13-26-21(29)12-23-22(26)30/h3-10,19H,11-13H2,1-2H3,(H,23,30)(H,24,27)(H,25,28). The van der Waals surface area contributed by atoms with E-state index in [-0.39, 0.29) is 37.2 Å². The van der Waals surface area contributed by atoms with Crippen LogP contribution in [0.4, 0.5) is 10.5 Å². The molecule has 3 rings (SSSR count). The van der Waals surface area contributed by atoms with Crippen LogP contribution in [0.15, 0.2) is 48.5 Å². The molecule has 8 nitrogen and oxygen atoms in total. The first-order chi connectivity index (χ1) is 14.3. The fraction of sp³-hybridized carbons (Fsp3) is 0.273. The minimum Gasteiger partial charge on any atom is -0.349 e. The van der Waals surface area contributed by atoms with Crippen molar-refractivity contribution < 1.29 is 19.2 Å². The Morgan fingerprint density at radius 1 is 1.13 bits per heavy atom. The lowest BCUT2D eigenvalue weighted by molar-refractivity contribution is -0.125. The Labute approximate surface area is 174 Å². The van der Waals surface area contributed by atoms with Gasteiger partial charge in [-0.05, 0) is 30.2 Å². The molecule has 0 aliphatic carbocycles. The number of urea groups is 1. The Kier molecular flexibility index (Phi) is 6.46. The third kappa shape index (κ3) is 5.44. The molecule has 0 aromatic heterocycles. The molecule has 0 spiro atoms. The maximum Gasteiger partial charge on any atom is 0.324 e. The van der Waals surface area contributed by atoms with E-state index >= 15 is 0 Å². The second kappa shape index (κ2) is 9.21. The fourth-order valence-electron chi connectivity index (χ4n) is 3.24. The van der Waals surface area contributed by atoms with E-state index in [0.717, 1.165) is 21.6 Å². The van der Waals surface area contributed by atoms with Crippen LogP contribution in [0.2, 0.25) is 0 Å². The Hall–Kier alpha value is -3.68. The zero-order valence-corrected chi connectivity index (χ0v) is 16.9. The second-order valence-corrected chi connectivity index (χ2v) is 7.26. The molecule has 1 aliphatic rings. The number of amides is 5. The van der Waals surface area contributed by atoms with Gasteiger partial charge in [-0.2, -0.15) is 0 Å². The number of hydrogen-bond donors (Lipinski definition) is 3. The summed E-state index contributed by atoms with van der Waals surface area (Å²) in [5, 5.41) is 8.11. The van der Waals surface area contributed by atoms with Gasteiger partial charge >= 0.3 is 6.03 Å². The molecule has 30 heavy (non-hydrogen) atoms. The largest absolute Gasteiger partial charge is 0.349 e. The second-order valence-electron chi connectivity index (χ2n) is 7.26. The molecule has 156 valence electrons. The molecule has 2 aromatic carbocycles. The number of rotatable bonds is 7. The summed E-state index contributed by atoms with van der Waals surface area (Å²) in [4.78, 5) is 48.8. The summed E-state index contributed by atoms with van der Waals surface area (Å²) in [6, 6.07) is 13.7. The Morgan fingerprint density at radius 3 is 2.50 bits per heavy atom. The van der Waals surface area contributed by atoms with E-state index in [1.165, 1.54) is 6.92 Å². The molecule has 0 bridgehead atoms. The van der Waals surface area contributed by atoms with Crippen molar-refractivity contribution in [2.75, 3.05) is 11.9 Å². The van der Waals surface area contributed by atoms with Gasteiger partial charge in [-0.1, -0.05) is 42.0 Å². The number of carbonyl (C=O) groups excluding carboxylic acids is 4. The number of hydrogen-bond acceptors (Lipinski definition) is 4. The van der Waals surface area contributed by atoms with Gasteiger partial charge in [0.15, 0.2) is 0 Å². The molecule has 2 aromatic rings. The maximum atomic E-state index is 12.6. The van der Waals surface area contributed by atoms with Gasteiger partial charge in [0.05, 0.1) is 25.6 Å². The van der Waals surface area contributed by atoms with Gasteiger partial charge in [0, 0.05) is 12.6 Å². The Bertz CT molecular complexity index is 955. The number of nitrogens with one attached hydrogen (secondary N) is 3. The number of aryl methyl sites for hydroxylation is 1. The van der Waals surface area contributed by atoms with Crippen molar-refractivity contribution in [3.8, 4) is 0 Å². The van der Waals surface area contributed by atoms with Crippen molar-refractivity contribution >= 4 is 29.4 Å². The number of benzene rings is 2. The highest BCUT2D eigenvalue weighted by Crippen LogP contribution is 2.20. The van der Waals surface area contributed by atoms with E-state index < -0.39 is 12.1 Å². The molecule has 0 radical (unpaired) electrons. The summed E-state index contributed by atoms with van der Waals surface area (Å²) >= 11 is 0. The lowest BCUT2D eigenvalue weighted by atomic mass is 10.0. The number of imide groups is 1. The SMILES string of the molecule is CC(=O)NC(CC(=O)Nc1cccc(CN2C(=O)CNC2=O)c1)c1ccc(C)cc1. The van der Waals surface area contributed by atoms with Crippen LogP contribution in [0, 0.1) is 6.92 Å². The van der Waals surface area contributed by atoms with Gasteiger partial charge in [-0.25, -0.2) is 4.79 Å². The first-order valence-electron chi connectivity index (χ1n) is 9.62.